The van der Waals surface area contributed by atoms with Gasteiger partial charge in [-0.15, -0.1) is 0 Å². The number of halogens is 2. The van der Waals surface area contributed by atoms with Crippen molar-refractivity contribution < 1.29 is 13.6 Å². The topological polar surface area (TPSA) is 40.9 Å². The van der Waals surface area contributed by atoms with E-state index in [-0.39, 0.29) is 5.56 Å². The lowest BCUT2D eigenvalue weighted by Gasteiger charge is -2.34. The van der Waals surface area contributed by atoms with E-state index < -0.39 is 17.5 Å². The minimum absolute atomic E-state index is 0.0831. The molecule has 1 amide bonds. The van der Waals surface area contributed by atoms with Gasteiger partial charge in [-0.3, -0.25) is 9.69 Å². The predicted octanol–water partition coefficient (Wildman–Crippen LogP) is 2.57. The lowest BCUT2D eigenvalue weighted by molar-refractivity contribution is 0.0622. The molecule has 26 heavy (non-hydrogen) atoms. The molecule has 0 atom stereocenters. The van der Waals surface area contributed by atoms with Crippen LogP contribution >= 0.6 is 0 Å². The van der Waals surface area contributed by atoms with Crippen molar-refractivity contribution in [3.8, 4) is 0 Å². The van der Waals surface area contributed by atoms with Crippen molar-refractivity contribution in [1.29, 1.82) is 0 Å². The number of fused-ring (bicyclic) bond motifs is 1. The summed E-state index contributed by atoms with van der Waals surface area (Å²) < 4.78 is 28.7. The van der Waals surface area contributed by atoms with E-state index in [2.05, 4.69) is 10.00 Å². The Labute approximate surface area is 149 Å². The molecule has 2 aromatic heterocycles. The van der Waals surface area contributed by atoms with Crippen LogP contribution in [0.3, 0.4) is 0 Å². The Morgan fingerprint density at radius 2 is 1.85 bits per heavy atom. The van der Waals surface area contributed by atoms with Gasteiger partial charge in [0.1, 0.15) is 11.6 Å². The molecule has 4 rings (SSSR count). The van der Waals surface area contributed by atoms with Crippen molar-refractivity contribution in [3.63, 3.8) is 0 Å². The van der Waals surface area contributed by atoms with Gasteiger partial charge in [0.2, 0.25) is 0 Å². The Hall–Kier alpha value is -2.80. The minimum atomic E-state index is -0.817. The first-order valence-corrected chi connectivity index (χ1v) is 8.50. The summed E-state index contributed by atoms with van der Waals surface area (Å²) in [7, 11) is 0. The van der Waals surface area contributed by atoms with E-state index in [1.165, 1.54) is 6.07 Å². The van der Waals surface area contributed by atoms with Crippen molar-refractivity contribution in [1.82, 2.24) is 19.4 Å². The molecule has 134 valence electrons. The number of hydrogen-bond donors (Lipinski definition) is 0. The van der Waals surface area contributed by atoms with Crippen LogP contribution < -0.4 is 0 Å². The van der Waals surface area contributed by atoms with Crippen LogP contribution in [0.2, 0.25) is 0 Å². The molecular weight excluding hydrogens is 338 g/mol. The molecule has 0 bridgehead atoms. The van der Waals surface area contributed by atoms with E-state index in [4.69, 9.17) is 0 Å². The van der Waals surface area contributed by atoms with Crippen LogP contribution in [-0.4, -0.2) is 51.5 Å². The summed E-state index contributed by atoms with van der Waals surface area (Å²) in [6.45, 7) is 3.07. The first kappa shape index (κ1) is 16.7. The van der Waals surface area contributed by atoms with Crippen LogP contribution in [0, 0.1) is 11.6 Å². The van der Waals surface area contributed by atoms with Gasteiger partial charge in [-0.1, -0.05) is 6.07 Å². The molecule has 0 radical (unpaired) electrons. The summed E-state index contributed by atoms with van der Waals surface area (Å²) in [5.74, 6) is -1.90. The monoisotopic (exact) mass is 356 g/mol. The van der Waals surface area contributed by atoms with Gasteiger partial charge in [0.05, 0.1) is 16.8 Å². The maximum atomic E-state index is 13.8. The van der Waals surface area contributed by atoms with Gasteiger partial charge in [0.25, 0.3) is 5.91 Å². The standard InChI is InChI=1S/C19H18F2N4O/c20-14-4-5-17(18(21)11-14)19(26)24-9-7-23(8-10-24)13-15-12-16-3-1-2-6-25(16)22-15/h1-6,11-12H,7-10,13H2. The van der Waals surface area contributed by atoms with E-state index >= 15 is 0 Å². The Kier molecular flexibility index (Phi) is 4.38. The van der Waals surface area contributed by atoms with Crippen LogP contribution in [-0.2, 0) is 6.54 Å². The van der Waals surface area contributed by atoms with Crippen molar-refractivity contribution in [2.75, 3.05) is 26.2 Å². The molecule has 0 N–H and O–H groups in total. The fourth-order valence-electron chi connectivity index (χ4n) is 3.24. The smallest absolute Gasteiger partial charge is 0.256 e. The highest BCUT2D eigenvalue weighted by Gasteiger charge is 2.24. The molecule has 0 aliphatic carbocycles. The molecule has 3 heterocycles. The highest BCUT2D eigenvalue weighted by molar-refractivity contribution is 5.94. The van der Waals surface area contributed by atoms with E-state index in [1.54, 1.807) is 4.90 Å². The fraction of sp³-hybridized carbons (Fsp3) is 0.263. The first-order valence-electron chi connectivity index (χ1n) is 8.50. The van der Waals surface area contributed by atoms with Crippen LogP contribution in [0.25, 0.3) is 5.52 Å². The number of benzene rings is 1. The number of nitrogens with zero attached hydrogens (tertiary/aromatic N) is 4. The van der Waals surface area contributed by atoms with Crippen molar-refractivity contribution in [3.05, 3.63) is 71.6 Å². The van der Waals surface area contributed by atoms with Gasteiger partial charge < -0.3 is 4.90 Å². The Morgan fingerprint density at radius 3 is 2.58 bits per heavy atom. The lowest BCUT2D eigenvalue weighted by Crippen LogP contribution is -2.48. The van der Waals surface area contributed by atoms with Crippen LogP contribution in [0.15, 0.2) is 48.7 Å². The first-order chi connectivity index (χ1) is 12.6. The third kappa shape index (κ3) is 3.30. The summed E-state index contributed by atoms with van der Waals surface area (Å²) in [6, 6.07) is 11.0. The van der Waals surface area contributed by atoms with E-state index in [0.29, 0.717) is 32.7 Å². The molecule has 1 saturated heterocycles. The Morgan fingerprint density at radius 1 is 1.04 bits per heavy atom. The second-order valence-corrected chi connectivity index (χ2v) is 6.40. The predicted molar refractivity (Wildman–Crippen MR) is 92.7 cm³/mol. The third-order valence-electron chi connectivity index (χ3n) is 4.63. The highest BCUT2D eigenvalue weighted by atomic mass is 19.1. The lowest BCUT2D eigenvalue weighted by atomic mass is 10.1. The molecule has 1 fully saturated rings. The number of amides is 1. The van der Waals surface area contributed by atoms with E-state index in [9.17, 15) is 13.6 Å². The maximum Gasteiger partial charge on any atom is 0.256 e. The molecule has 1 aromatic carbocycles. The van der Waals surface area contributed by atoms with Gasteiger partial charge in [-0.05, 0) is 30.3 Å². The summed E-state index contributed by atoms with van der Waals surface area (Å²) in [4.78, 5) is 16.3. The van der Waals surface area contributed by atoms with Crippen molar-refractivity contribution >= 4 is 11.4 Å². The van der Waals surface area contributed by atoms with Crippen LogP contribution in [0.5, 0.6) is 0 Å². The molecule has 7 heteroatoms. The van der Waals surface area contributed by atoms with Crippen LogP contribution in [0.4, 0.5) is 8.78 Å². The highest BCUT2D eigenvalue weighted by Crippen LogP contribution is 2.15. The molecule has 0 saturated carbocycles. The molecule has 0 spiro atoms. The number of rotatable bonds is 3. The average molecular weight is 356 g/mol. The molecule has 0 unspecified atom stereocenters. The minimum Gasteiger partial charge on any atom is -0.336 e. The summed E-state index contributed by atoms with van der Waals surface area (Å²) in [6.07, 6.45) is 1.91. The normalized spacial score (nSPS) is 15.5. The van der Waals surface area contributed by atoms with Gasteiger partial charge in [0, 0.05) is 45.0 Å². The Balaban J connectivity index is 1.38. The SMILES string of the molecule is O=C(c1ccc(F)cc1F)N1CCN(Cc2cc3ccccn3n2)CC1. The molecule has 3 aromatic rings. The number of piperazine rings is 1. The molecule has 1 aliphatic heterocycles. The number of carbonyl (C=O) groups excluding carboxylic acids is 1. The zero-order valence-corrected chi connectivity index (χ0v) is 14.1. The molecule has 5 nitrogen and oxygen atoms in total. The number of carbonyl (C=O) groups is 1. The summed E-state index contributed by atoms with van der Waals surface area (Å²) in [5.41, 5.74) is 1.93. The average Bonchev–Trinajstić information content (AvgIpc) is 3.04. The fourth-order valence-corrected chi connectivity index (χ4v) is 3.24. The Bertz CT molecular complexity index is 915. The van der Waals surface area contributed by atoms with Gasteiger partial charge >= 0.3 is 0 Å². The zero-order chi connectivity index (χ0) is 18.1. The third-order valence-corrected chi connectivity index (χ3v) is 4.63. The van der Waals surface area contributed by atoms with Gasteiger partial charge in [-0.2, -0.15) is 5.10 Å². The van der Waals surface area contributed by atoms with Crippen molar-refractivity contribution in [2.45, 2.75) is 6.54 Å². The number of hydrogen-bond acceptors (Lipinski definition) is 3. The largest absolute Gasteiger partial charge is 0.336 e. The van der Waals surface area contributed by atoms with E-state index in [0.717, 1.165) is 23.3 Å². The second-order valence-electron chi connectivity index (χ2n) is 6.40. The van der Waals surface area contributed by atoms with Crippen molar-refractivity contribution in [2.24, 2.45) is 0 Å². The van der Waals surface area contributed by atoms with E-state index in [1.807, 2.05) is 35.0 Å². The summed E-state index contributed by atoms with van der Waals surface area (Å²) in [5, 5.41) is 4.54. The maximum absolute atomic E-state index is 13.8. The summed E-state index contributed by atoms with van der Waals surface area (Å²) >= 11 is 0. The van der Waals surface area contributed by atoms with Gasteiger partial charge in [0.15, 0.2) is 0 Å². The quantitative estimate of drug-likeness (QED) is 0.724. The van der Waals surface area contributed by atoms with Crippen LogP contribution in [0.1, 0.15) is 16.1 Å². The number of pyridine rings is 1. The molecule has 1 aliphatic rings. The molecular formula is C19H18F2N4O. The second kappa shape index (κ2) is 6.84. The zero-order valence-electron chi connectivity index (χ0n) is 14.1. The number of aromatic nitrogens is 2. The van der Waals surface area contributed by atoms with Gasteiger partial charge in [-0.25, -0.2) is 13.3 Å².